The van der Waals surface area contributed by atoms with E-state index in [-0.39, 0.29) is 22.6 Å². The average Bonchev–Trinajstić information content (AvgIpc) is 2.67. The third-order valence-electron chi connectivity index (χ3n) is 5.52. The van der Waals surface area contributed by atoms with Crippen LogP contribution in [0.2, 0.25) is 0 Å². The average molecular weight is 391 g/mol. The van der Waals surface area contributed by atoms with Gasteiger partial charge in [0.15, 0.2) is 0 Å². The lowest BCUT2D eigenvalue weighted by Gasteiger charge is -2.47. The smallest absolute Gasteiger partial charge is 0.266 e. The highest BCUT2D eigenvalue weighted by molar-refractivity contribution is 6.09. The van der Waals surface area contributed by atoms with Crippen LogP contribution in [0.25, 0.3) is 6.08 Å². The van der Waals surface area contributed by atoms with Crippen molar-refractivity contribution < 1.29 is 9.18 Å². The Morgan fingerprint density at radius 2 is 2.03 bits per heavy atom. The summed E-state index contributed by atoms with van der Waals surface area (Å²) >= 11 is 0. The summed E-state index contributed by atoms with van der Waals surface area (Å²) in [5.74, 6) is -0.744. The number of para-hydroxylation sites is 1. The minimum Gasteiger partial charge on any atom is -0.366 e. The predicted molar refractivity (Wildman–Crippen MR) is 115 cm³/mol. The van der Waals surface area contributed by atoms with Crippen LogP contribution in [0, 0.1) is 17.1 Å². The van der Waals surface area contributed by atoms with E-state index in [0.29, 0.717) is 5.69 Å². The summed E-state index contributed by atoms with van der Waals surface area (Å²) < 4.78 is 14.9. The summed E-state index contributed by atoms with van der Waals surface area (Å²) in [5.41, 5.74) is 2.57. The van der Waals surface area contributed by atoms with Crippen LogP contribution in [0.5, 0.6) is 0 Å². The first-order valence-corrected chi connectivity index (χ1v) is 9.86. The first kappa shape index (κ1) is 20.6. The molecule has 1 amide bonds. The second-order valence-corrected chi connectivity index (χ2v) is 8.08. The van der Waals surface area contributed by atoms with Crippen LogP contribution < -0.4 is 10.2 Å². The first-order valence-electron chi connectivity index (χ1n) is 9.86. The number of rotatable bonds is 4. The van der Waals surface area contributed by atoms with Gasteiger partial charge in [0.05, 0.1) is 0 Å². The zero-order chi connectivity index (χ0) is 21.2. The minimum absolute atomic E-state index is 0.0572. The first-order chi connectivity index (χ1) is 13.8. The normalized spacial score (nSPS) is 18.0. The minimum atomic E-state index is -0.555. The standard InChI is InChI=1S/C24H26FN3O/c1-5-28-22-13-21(25)17(12-20(22)16(2)14-24(28,3)4)11-18(15-26)23(29)27-19-9-7-6-8-10-19/h6-13,16H,5,14H2,1-4H3,(H,27,29)/b18-11+. The third-order valence-corrected chi connectivity index (χ3v) is 5.52. The number of nitrogens with one attached hydrogen (secondary N) is 1. The molecule has 5 heteroatoms. The number of benzene rings is 2. The van der Waals surface area contributed by atoms with Crippen LogP contribution >= 0.6 is 0 Å². The summed E-state index contributed by atoms with van der Waals surface area (Å²) in [6.07, 6.45) is 2.28. The fourth-order valence-electron chi connectivity index (χ4n) is 4.25. The van der Waals surface area contributed by atoms with Crippen molar-refractivity contribution in [3.8, 4) is 6.07 Å². The van der Waals surface area contributed by atoms with Crippen molar-refractivity contribution in [2.24, 2.45) is 0 Å². The molecule has 0 spiro atoms. The van der Waals surface area contributed by atoms with E-state index in [1.165, 1.54) is 12.1 Å². The van der Waals surface area contributed by atoms with E-state index in [0.717, 1.165) is 24.2 Å². The van der Waals surface area contributed by atoms with E-state index < -0.39 is 11.7 Å². The van der Waals surface area contributed by atoms with Gasteiger partial charge in [-0.05, 0) is 69.0 Å². The largest absolute Gasteiger partial charge is 0.366 e. The third kappa shape index (κ3) is 4.17. The van der Waals surface area contributed by atoms with Gasteiger partial charge in [0.2, 0.25) is 0 Å². The summed E-state index contributed by atoms with van der Waals surface area (Å²) in [5, 5.41) is 12.1. The molecule has 1 atom stereocenters. The molecule has 150 valence electrons. The lowest BCUT2D eigenvalue weighted by atomic mass is 9.79. The summed E-state index contributed by atoms with van der Waals surface area (Å²) in [7, 11) is 0. The van der Waals surface area contributed by atoms with Gasteiger partial charge >= 0.3 is 0 Å². The molecule has 4 nitrogen and oxygen atoms in total. The van der Waals surface area contributed by atoms with Crippen LogP contribution in [0.15, 0.2) is 48.0 Å². The fourth-order valence-corrected chi connectivity index (χ4v) is 4.25. The molecule has 3 rings (SSSR count). The topological polar surface area (TPSA) is 56.1 Å². The molecule has 0 bridgehead atoms. The van der Waals surface area contributed by atoms with E-state index in [4.69, 9.17) is 0 Å². The molecule has 1 aliphatic rings. The van der Waals surface area contributed by atoms with Gasteiger partial charge in [0, 0.05) is 29.0 Å². The quantitative estimate of drug-likeness (QED) is 0.554. The van der Waals surface area contributed by atoms with Gasteiger partial charge in [0.1, 0.15) is 17.5 Å². The summed E-state index contributed by atoms with van der Waals surface area (Å²) in [4.78, 5) is 14.7. The SMILES string of the molecule is CCN1c2cc(F)c(/C=C(\C#N)C(=O)Nc3ccccc3)cc2C(C)CC1(C)C. The second kappa shape index (κ2) is 8.08. The van der Waals surface area contributed by atoms with E-state index >= 15 is 0 Å². The van der Waals surface area contributed by atoms with Crippen molar-refractivity contribution in [2.45, 2.75) is 45.6 Å². The Labute approximate surface area is 171 Å². The molecule has 0 fully saturated rings. The Hall–Kier alpha value is -3.13. The number of amides is 1. The molecule has 0 saturated heterocycles. The summed E-state index contributed by atoms with van der Waals surface area (Å²) in [6.45, 7) is 9.32. The Morgan fingerprint density at radius 3 is 2.66 bits per heavy atom. The maximum Gasteiger partial charge on any atom is 0.266 e. The molecular formula is C24H26FN3O. The highest BCUT2D eigenvalue weighted by atomic mass is 19.1. The van der Waals surface area contributed by atoms with E-state index in [2.05, 4.69) is 37.9 Å². The Balaban J connectivity index is 1.98. The molecule has 1 aliphatic heterocycles. The van der Waals surface area contributed by atoms with Crippen molar-refractivity contribution in [1.29, 1.82) is 5.26 Å². The second-order valence-electron chi connectivity index (χ2n) is 8.08. The van der Waals surface area contributed by atoms with Gasteiger partial charge in [-0.2, -0.15) is 5.26 Å². The molecule has 1 unspecified atom stereocenters. The van der Waals surface area contributed by atoms with Gasteiger partial charge in [0.25, 0.3) is 5.91 Å². The number of fused-ring (bicyclic) bond motifs is 1. The molecule has 0 aliphatic carbocycles. The van der Waals surface area contributed by atoms with Crippen LogP contribution in [-0.4, -0.2) is 18.0 Å². The number of carbonyl (C=O) groups is 1. The van der Waals surface area contributed by atoms with Crippen molar-refractivity contribution >= 4 is 23.4 Å². The molecule has 29 heavy (non-hydrogen) atoms. The van der Waals surface area contributed by atoms with Crippen LogP contribution in [0.3, 0.4) is 0 Å². The van der Waals surface area contributed by atoms with Gasteiger partial charge in [-0.1, -0.05) is 25.1 Å². The Morgan fingerprint density at radius 1 is 1.34 bits per heavy atom. The summed E-state index contributed by atoms with van der Waals surface area (Å²) in [6, 6.07) is 14.1. The van der Waals surface area contributed by atoms with Crippen molar-refractivity contribution in [3.63, 3.8) is 0 Å². The number of carbonyl (C=O) groups excluding carboxylic acids is 1. The van der Waals surface area contributed by atoms with Gasteiger partial charge in [-0.3, -0.25) is 4.79 Å². The molecule has 0 aromatic heterocycles. The number of anilines is 2. The molecule has 1 heterocycles. The Kier molecular flexibility index (Phi) is 5.74. The lowest BCUT2D eigenvalue weighted by molar-refractivity contribution is -0.112. The number of halogens is 1. The lowest BCUT2D eigenvalue weighted by Crippen LogP contribution is -2.48. The van der Waals surface area contributed by atoms with Gasteiger partial charge in [-0.25, -0.2) is 4.39 Å². The Bertz CT molecular complexity index is 989. The zero-order valence-electron chi connectivity index (χ0n) is 17.3. The number of hydrogen-bond donors (Lipinski definition) is 1. The van der Waals surface area contributed by atoms with Crippen molar-refractivity contribution in [1.82, 2.24) is 0 Å². The van der Waals surface area contributed by atoms with Crippen molar-refractivity contribution in [3.05, 3.63) is 65.0 Å². The highest BCUT2D eigenvalue weighted by Gasteiger charge is 2.36. The molecule has 1 N–H and O–H groups in total. The van der Waals surface area contributed by atoms with Crippen molar-refractivity contribution in [2.75, 3.05) is 16.8 Å². The van der Waals surface area contributed by atoms with E-state index in [1.54, 1.807) is 30.3 Å². The van der Waals surface area contributed by atoms with Crippen LogP contribution in [0.1, 0.15) is 51.2 Å². The van der Waals surface area contributed by atoms with Crippen LogP contribution in [0.4, 0.5) is 15.8 Å². The molecule has 2 aromatic carbocycles. The fraction of sp³-hybridized carbons (Fsp3) is 0.333. The molecule has 0 saturated carbocycles. The molecule has 0 radical (unpaired) electrons. The van der Waals surface area contributed by atoms with E-state index in [1.807, 2.05) is 12.1 Å². The van der Waals surface area contributed by atoms with Gasteiger partial charge < -0.3 is 10.2 Å². The molecular weight excluding hydrogens is 365 g/mol. The van der Waals surface area contributed by atoms with Gasteiger partial charge in [-0.15, -0.1) is 0 Å². The van der Waals surface area contributed by atoms with Crippen LogP contribution in [-0.2, 0) is 4.79 Å². The zero-order valence-corrected chi connectivity index (χ0v) is 17.3. The monoisotopic (exact) mass is 391 g/mol. The number of hydrogen-bond acceptors (Lipinski definition) is 3. The van der Waals surface area contributed by atoms with E-state index in [9.17, 15) is 14.4 Å². The maximum atomic E-state index is 14.9. The molecule has 2 aromatic rings. The number of nitriles is 1. The highest BCUT2D eigenvalue weighted by Crippen LogP contribution is 2.44. The maximum absolute atomic E-state index is 14.9. The number of nitrogens with zero attached hydrogens (tertiary/aromatic N) is 2. The predicted octanol–water partition coefficient (Wildman–Crippen LogP) is 5.48.